The molecule has 220 valence electrons. The van der Waals surface area contributed by atoms with E-state index >= 15 is 0 Å². The number of nitrogens with zero attached hydrogens (tertiary/aromatic N) is 5. The molecular weight excluding hydrogens is 528 g/mol. The molecular formula is C33H40N6O3. The van der Waals surface area contributed by atoms with Crippen LogP contribution in [0.15, 0.2) is 72.8 Å². The molecule has 2 unspecified atom stereocenters. The Labute approximate surface area is 247 Å². The van der Waals surface area contributed by atoms with Crippen molar-refractivity contribution >= 4 is 5.97 Å². The molecule has 2 atom stereocenters. The van der Waals surface area contributed by atoms with Gasteiger partial charge in [0.15, 0.2) is 0 Å². The molecule has 1 aliphatic heterocycles. The number of piperazine rings is 1. The summed E-state index contributed by atoms with van der Waals surface area (Å²) >= 11 is 0. The zero-order chi connectivity index (χ0) is 29.5. The smallest absolute Gasteiger partial charge is 0.305 e. The van der Waals surface area contributed by atoms with Crippen molar-refractivity contribution < 1.29 is 14.6 Å². The summed E-state index contributed by atoms with van der Waals surface area (Å²) in [5.41, 5.74) is 4.94. The Hall–Kier alpha value is -4.08. The number of ether oxygens (including phenoxy) is 1. The standard InChI is InChI=1S/C33H40N6O3/c1-4-42-30(41)14-9-19-39-36-32(35-37-39)27-17-15-25(16-18-27)20-28-12-8-13-29(40)31(28)33(3)23-34-24(2)21-38(33)22-26-10-6-5-7-11-26/h5-8,10-13,15-18,24,34,40H,4,9,14,19-23H2,1-3H3. The average Bonchev–Trinajstić information content (AvgIpc) is 3.45. The first-order valence-electron chi connectivity index (χ1n) is 14.7. The van der Waals surface area contributed by atoms with Gasteiger partial charge in [-0.2, -0.15) is 4.80 Å². The van der Waals surface area contributed by atoms with E-state index in [1.807, 2.05) is 24.3 Å². The molecule has 0 saturated carbocycles. The molecule has 0 radical (unpaired) electrons. The van der Waals surface area contributed by atoms with Gasteiger partial charge in [0, 0.05) is 43.2 Å². The lowest BCUT2D eigenvalue weighted by molar-refractivity contribution is -0.143. The number of tetrazole rings is 1. The number of hydrogen-bond donors (Lipinski definition) is 2. The summed E-state index contributed by atoms with van der Waals surface area (Å²) in [5, 5.41) is 27.7. The van der Waals surface area contributed by atoms with Gasteiger partial charge in [-0.3, -0.25) is 9.69 Å². The second-order valence-electron chi connectivity index (χ2n) is 11.2. The number of carbonyl (C=O) groups excluding carboxylic acids is 1. The minimum absolute atomic E-state index is 0.212. The lowest BCUT2D eigenvalue weighted by Gasteiger charge is -2.48. The summed E-state index contributed by atoms with van der Waals surface area (Å²) in [6.07, 6.45) is 1.60. The second-order valence-corrected chi connectivity index (χ2v) is 11.2. The van der Waals surface area contributed by atoms with Crippen LogP contribution < -0.4 is 5.32 Å². The molecule has 3 aromatic carbocycles. The Kier molecular flexibility index (Phi) is 9.29. The number of rotatable bonds is 11. The molecule has 1 aliphatic rings. The molecule has 2 N–H and O–H groups in total. The van der Waals surface area contributed by atoms with E-state index in [0.717, 1.165) is 41.9 Å². The predicted molar refractivity (Wildman–Crippen MR) is 162 cm³/mol. The Morgan fingerprint density at radius 3 is 2.62 bits per heavy atom. The maximum absolute atomic E-state index is 11.6. The van der Waals surface area contributed by atoms with Crippen molar-refractivity contribution in [3.05, 3.63) is 95.1 Å². The van der Waals surface area contributed by atoms with E-state index < -0.39 is 5.54 Å². The van der Waals surface area contributed by atoms with Crippen molar-refractivity contribution in [2.45, 2.75) is 64.7 Å². The lowest BCUT2D eigenvalue weighted by Crippen LogP contribution is -2.60. The highest BCUT2D eigenvalue weighted by Crippen LogP contribution is 2.40. The van der Waals surface area contributed by atoms with E-state index in [1.54, 1.807) is 13.0 Å². The number of benzene rings is 3. The van der Waals surface area contributed by atoms with Gasteiger partial charge >= 0.3 is 5.97 Å². The van der Waals surface area contributed by atoms with E-state index in [4.69, 9.17) is 4.74 Å². The molecule has 4 aromatic rings. The van der Waals surface area contributed by atoms with Gasteiger partial charge in [0.05, 0.1) is 18.7 Å². The van der Waals surface area contributed by atoms with Gasteiger partial charge in [0.1, 0.15) is 5.75 Å². The number of aryl methyl sites for hydroxylation is 1. The Balaban J connectivity index is 1.32. The maximum atomic E-state index is 11.6. The lowest BCUT2D eigenvalue weighted by atomic mass is 9.81. The molecule has 0 amide bonds. The monoisotopic (exact) mass is 568 g/mol. The fourth-order valence-electron chi connectivity index (χ4n) is 5.77. The van der Waals surface area contributed by atoms with Crippen LogP contribution in [0.5, 0.6) is 5.75 Å². The fraction of sp³-hybridized carbons (Fsp3) is 0.394. The third kappa shape index (κ3) is 6.86. The summed E-state index contributed by atoms with van der Waals surface area (Å²) in [7, 11) is 0. The minimum Gasteiger partial charge on any atom is -0.508 e. The van der Waals surface area contributed by atoms with Crippen LogP contribution >= 0.6 is 0 Å². The number of esters is 1. The first kappa shape index (κ1) is 29.4. The zero-order valence-electron chi connectivity index (χ0n) is 24.7. The van der Waals surface area contributed by atoms with Gasteiger partial charge in [-0.05, 0) is 61.6 Å². The average molecular weight is 569 g/mol. The summed E-state index contributed by atoms with van der Waals surface area (Å²) in [6, 6.07) is 24.9. The minimum atomic E-state index is -0.390. The number of phenols is 1. The normalized spacial score (nSPS) is 19.1. The van der Waals surface area contributed by atoms with E-state index in [1.165, 1.54) is 10.4 Å². The van der Waals surface area contributed by atoms with Crippen LogP contribution in [0.1, 0.15) is 55.9 Å². The maximum Gasteiger partial charge on any atom is 0.305 e. The summed E-state index contributed by atoms with van der Waals surface area (Å²) < 4.78 is 4.97. The number of nitrogens with one attached hydrogen (secondary N) is 1. The van der Waals surface area contributed by atoms with Gasteiger partial charge in [-0.25, -0.2) is 0 Å². The number of hydrogen-bond acceptors (Lipinski definition) is 8. The van der Waals surface area contributed by atoms with E-state index in [9.17, 15) is 9.90 Å². The second kappa shape index (κ2) is 13.3. The highest BCUT2D eigenvalue weighted by molar-refractivity contribution is 5.69. The molecule has 5 rings (SSSR count). The molecule has 1 saturated heterocycles. The first-order chi connectivity index (χ1) is 20.4. The fourth-order valence-corrected chi connectivity index (χ4v) is 5.77. The molecule has 0 aliphatic carbocycles. The topological polar surface area (TPSA) is 105 Å². The van der Waals surface area contributed by atoms with Crippen molar-refractivity contribution in [3.63, 3.8) is 0 Å². The van der Waals surface area contributed by atoms with Crippen molar-refractivity contribution in [1.82, 2.24) is 30.4 Å². The summed E-state index contributed by atoms with van der Waals surface area (Å²) in [5.74, 6) is 0.655. The third-order valence-electron chi connectivity index (χ3n) is 7.97. The van der Waals surface area contributed by atoms with Gasteiger partial charge in [0.25, 0.3) is 0 Å². The molecule has 0 bridgehead atoms. The van der Waals surface area contributed by atoms with Crippen molar-refractivity contribution in [2.75, 3.05) is 19.7 Å². The molecule has 0 spiro atoms. The van der Waals surface area contributed by atoms with Crippen LogP contribution in [0.25, 0.3) is 11.4 Å². The summed E-state index contributed by atoms with van der Waals surface area (Å²) in [6.45, 7) is 9.55. The Morgan fingerprint density at radius 2 is 1.86 bits per heavy atom. The number of carbonyl (C=O) groups is 1. The highest BCUT2D eigenvalue weighted by Gasteiger charge is 2.41. The van der Waals surface area contributed by atoms with Crippen LogP contribution in [-0.2, 0) is 34.6 Å². The third-order valence-corrected chi connectivity index (χ3v) is 7.97. The number of aromatic hydroxyl groups is 1. The Bertz CT molecular complexity index is 1470. The van der Waals surface area contributed by atoms with Crippen molar-refractivity contribution in [1.29, 1.82) is 0 Å². The van der Waals surface area contributed by atoms with Gasteiger partial charge in [-0.15, -0.1) is 10.2 Å². The summed E-state index contributed by atoms with van der Waals surface area (Å²) in [4.78, 5) is 15.6. The highest BCUT2D eigenvalue weighted by atomic mass is 16.5. The molecule has 42 heavy (non-hydrogen) atoms. The van der Waals surface area contributed by atoms with Crippen LogP contribution in [0.4, 0.5) is 0 Å². The molecule has 2 heterocycles. The predicted octanol–water partition coefficient (Wildman–Crippen LogP) is 4.69. The van der Waals surface area contributed by atoms with E-state index in [2.05, 4.69) is 81.9 Å². The molecule has 1 fully saturated rings. The van der Waals surface area contributed by atoms with E-state index in [0.29, 0.717) is 50.0 Å². The molecule has 9 nitrogen and oxygen atoms in total. The van der Waals surface area contributed by atoms with Crippen molar-refractivity contribution in [3.8, 4) is 17.1 Å². The first-order valence-corrected chi connectivity index (χ1v) is 14.7. The van der Waals surface area contributed by atoms with Gasteiger partial charge < -0.3 is 15.2 Å². The van der Waals surface area contributed by atoms with Gasteiger partial charge in [-0.1, -0.05) is 66.7 Å². The number of phenolic OH excluding ortho intramolecular Hbond substituents is 1. The zero-order valence-corrected chi connectivity index (χ0v) is 24.7. The van der Waals surface area contributed by atoms with Crippen LogP contribution in [0.2, 0.25) is 0 Å². The SMILES string of the molecule is CCOC(=O)CCCn1nnc(-c2ccc(Cc3cccc(O)c3C3(C)CNC(C)CN3Cc3ccccc3)cc2)n1. The molecule has 9 heteroatoms. The Morgan fingerprint density at radius 1 is 1.07 bits per heavy atom. The molecule has 1 aromatic heterocycles. The largest absolute Gasteiger partial charge is 0.508 e. The van der Waals surface area contributed by atoms with Crippen molar-refractivity contribution in [2.24, 2.45) is 0 Å². The van der Waals surface area contributed by atoms with E-state index in [-0.39, 0.29) is 5.97 Å². The number of aromatic nitrogens is 4. The van der Waals surface area contributed by atoms with Crippen LogP contribution in [-0.4, -0.2) is 61.9 Å². The van der Waals surface area contributed by atoms with Crippen LogP contribution in [0, 0.1) is 0 Å². The van der Waals surface area contributed by atoms with Crippen LogP contribution in [0.3, 0.4) is 0 Å². The quantitative estimate of drug-likeness (QED) is 0.251. The van der Waals surface area contributed by atoms with Gasteiger partial charge in [0.2, 0.25) is 5.82 Å².